The molecule has 0 spiro atoms. The number of aromatic hydroxyl groups is 2. The van der Waals surface area contributed by atoms with Crippen molar-refractivity contribution in [3.05, 3.63) is 58.7 Å². The first-order chi connectivity index (χ1) is 13.5. The highest BCUT2D eigenvalue weighted by Gasteiger charge is 2.18. The molecule has 0 saturated heterocycles. The normalized spacial score (nSPS) is 13.5. The molecule has 0 bridgehead atoms. The molecule has 2 heteroatoms. The maximum absolute atomic E-state index is 10.8. The summed E-state index contributed by atoms with van der Waals surface area (Å²) < 4.78 is 0. The molecule has 29 heavy (non-hydrogen) atoms. The molecule has 0 fully saturated rings. The van der Waals surface area contributed by atoms with Crippen LogP contribution in [0.25, 0.3) is 10.8 Å². The maximum atomic E-state index is 10.8. The molecule has 0 atom stereocenters. The fourth-order valence-corrected chi connectivity index (χ4v) is 4.18. The summed E-state index contributed by atoms with van der Waals surface area (Å²) in [6.07, 6.45) is 8.46. The lowest BCUT2D eigenvalue weighted by atomic mass is 9.81. The van der Waals surface area contributed by atoms with E-state index in [9.17, 15) is 10.2 Å². The quantitative estimate of drug-likeness (QED) is 0.353. The van der Waals surface area contributed by atoms with Crippen molar-refractivity contribution >= 4 is 10.8 Å². The lowest BCUT2D eigenvalue weighted by Gasteiger charge is -2.24. The first-order valence-corrected chi connectivity index (χ1v) is 10.7. The van der Waals surface area contributed by atoms with E-state index >= 15 is 0 Å². The van der Waals surface area contributed by atoms with Gasteiger partial charge in [0.15, 0.2) is 0 Å². The first-order valence-electron chi connectivity index (χ1n) is 10.7. The van der Waals surface area contributed by atoms with E-state index in [2.05, 4.69) is 53.7 Å². The third-order valence-corrected chi connectivity index (χ3v) is 5.68. The fourth-order valence-electron chi connectivity index (χ4n) is 4.18. The van der Waals surface area contributed by atoms with Crippen LogP contribution < -0.4 is 0 Å². The van der Waals surface area contributed by atoms with E-state index in [4.69, 9.17) is 0 Å². The van der Waals surface area contributed by atoms with Gasteiger partial charge in [-0.3, -0.25) is 0 Å². The summed E-state index contributed by atoms with van der Waals surface area (Å²) in [4.78, 5) is 0. The van der Waals surface area contributed by atoms with E-state index in [1.165, 1.54) is 11.1 Å². The number of hydrogen-bond donors (Lipinski definition) is 2. The molecule has 158 valence electrons. The Morgan fingerprint density at radius 1 is 0.966 bits per heavy atom. The number of phenols is 2. The molecule has 0 saturated carbocycles. The first kappa shape index (κ1) is 23.1. The molecule has 0 unspecified atom stereocenters. The highest BCUT2D eigenvalue weighted by molar-refractivity contribution is 5.95. The van der Waals surface area contributed by atoms with Crippen molar-refractivity contribution in [3.8, 4) is 11.5 Å². The Morgan fingerprint density at radius 2 is 1.55 bits per heavy atom. The summed E-state index contributed by atoms with van der Waals surface area (Å²) in [6.45, 7) is 15.4. The Balaban J connectivity index is 2.15. The monoisotopic (exact) mass is 394 g/mol. The molecule has 2 N–H and O–H groups in total. The smallest absolute Gasteiger partial charge is 0.127 e. The van der Waals surface area contributed by atoms with Crippen LogP contribution in [0.2, 0.25) is 0 Å². The molecule has 2 aromatic carbocycles. The van der Waals surface area contributed by atoms with E-state index in [1.807, 2.05) is 31.2 Å². The predicted molar refractivity (Wildman–Crippen MR) is 126 cm³/mol. The fraction of sp³-hybridized carbons (Fsp3) is 0.481. The Hall–Kier alpha value is -2.22. The highest BCUT2D eigenvalue weighted by atomic mass is 16.3. The molecule has 0 aliphatic carbocycles. The van der Waals surface area contributed by atoms with E-state index in [0.717, 1.165) is 30.4 Å². The average molecular weight is 395 g/mol. The number of phenolic OH excluding ortho intramolecular Hbond substituents is 2. The van der Waals surface area contributed by atoms with Crippen molar-refractivity contribution in [2.75, 3.05) is 0 Å². The molecule has 0 heterocycles. The van der Waals surface area contributed by atoms with Gasteiger partial charge in [0.2, 0.25) is 0 Å². The second-order valence-electron chi connectivity index (χ2n) is 9.79. The standard InChI is InChI=1S/C27H38O2/c1-18(2)16-19(3)14-15-27(6,7)17-20(4)12-13-22-21(5)25(28)23-10-8-9-11-24(23)26(22)29/h8-12,14,18,28-29H,13,15-17H2,1-7H3/b19-14+,20-12+. The summed E-state index contributed by atoms with van der Waals surface area (Å²) in [5, 5.41) is 22.7. The molecular weight excluding hydrogens is 356 g/mol. The van der Waals surface area contributed by atoms with Gasteiger partial charge in [0.1, 0.15) is 11.5 Å². The zero-order chi connectivity index (χ0) is 21.8. The van der Waals surface area contributed by atoms with Gasteiger partial charge in [-0.2, -0.15) is 0 Å². The van der Waals surface area contributed by atoms with Crippen molar-refractivity contribution in [1.29, 1.82) is 0 Å². The van der Waals surface area contributed by atoms with Gasteiger partial charge in [-0.05, 0) is 63.4 Å². The second kappa shape index (κ2) is 9.52. The minimum Gasteiger partial charge on any atom is -0.507 e. The Kier molecular flexibility index (Phi) is 7.57. The Bertz CT molecular complexity index is 914. The Morgan fingerprint density at radius 3 is 2.14 bits per heavy atom. The van der Waals surface area contributed by atoms with Crippen LogP contribution in [0.1, 0.15) is 71.9 Å². The van der Waals surface area contributed by atoms with Gasteiger partial charge in [-0.25, -0.2) is 0 Å². The van der Waals surface area contributed by atoms with E-state index in [0.29, 0.717) is 23.1 Å². The number of benzene rings is 2. The lowest BCUT2D eigenvalue weighted by molar-refractivity contribution is 0.366. The van der Waals surface area contributed by atoms with Crippen molar-refractivity contribution in [2.24, 2.45) is 11.3 Å². The third kappa shape index (κ3) is 6.13. The van der Waals surface area contributed by atoms with Crippen molar-refractivity contribution in [3.63, 3.8) is 0 Å². The van der Waals surface area contributed by atoms with E-state index in [-0.39, 0.29) is 16.9 Å². The number of fused-ring (bicyclic) bond motifs is 1. The zero-order valence-corrected chi connectivity index (χ0v) is 19.3. The van der Waals surface area contributed by atoms with Gasteiger partial charge in [0, 0.05) is 16.3 Å². The van der Waals surface area contributed by atoms with Crippen LogP contribution in [0.3, 0.4) is 0 Å². The number of hydrogen-bond acceptors (Lipinski definition) is 2. The molecule has 2 nitrogen and oxygen atoms in total. The average Bonchev–Trinajstić information content (AvgIpc) is 2.64. The molecule has 2 rings (SSSR count). The van der Waals surface area contributed by atoms with Crippen LogP contribution in [0, 0.1) is 18.3 Å². The number of rotatable bonds is 8. The maximum Gasteiger partial charge on any atom is 0.127 e. The largest absolute Gasteiger partial charge is 0.507 e. The zero-order valence-electron chi connectivity index (χ0n) is 19.3. The van der Waals surface area contributed by atoms with Gasteiger partial charge in [0.25, 0.3) is 0 Å². The lowest BCUT2D eigenvalue weighted by Crippen LogP contribution is -2.11. The molecule has 2 aromatic rings. The van der Waals surface area contributed by atoms with Crippen LogP contribution in [0.5, 0.6) is 11.5 Å². The van der Waals surface area contributed by atoms with Crippen LogP contribution in [0.4, 0.5) is 0 Å². The summed E-state index contributed by atoms with van der Waals surface area (Å²) in [7, 11) is 0. The van der Waals surface area contributed by atoms with Crippen molar-refractivity contribution in [2.45, 2.75) is 74.1 Å². The molecule has 0 aliphatic heterocycles. The number of allylic oxidation sites excluding steroid dienone is 4. The van der Waals surface area contributed by atoms with Gasteiger partial charge < -0.3 is 10.2 Å². The molecule has 0 amide bonds. The van der Waals surface area contributed by atoms with Gasteiger partial charge in [-0.1, -0.05) is 75.3 Å². The van der Waals surface area contributed by atoms with E-state index in [1.54, 1.807) is 0 Å². The Labute approximate surface area is 177 Å². The molecule has 0 radical (unpaired) electrons. The third-order valence-electron chi connectivity index (χ3n) is 5.68. The van der Waals surface area contributed by atoms with Crippen LogP contribution in [-0.2, 0) is 6.42 Å². The van der Waals surface area contributed by atoms with Crippen LogP contribution >= 0.6 is 0 Å². The summed E-state index contributed by atoms with van der Waals surface area (Å²) in [5.74, 6) is 1.25. The molecule has 0 aliphatic rings. The summed E-state index contributed by atoms with van der Waals surface area (Å²) in [6, 6.07) is 7.47. The van der Waals surface area contributed by atoms with Crippen molar-refractivity contribution in [1.82, 2.24) is 0 Å². The summed E-state index contributed by atoms with van der Waals surface area (Å²) in [5.41, 5.74) is 4.56. The van der Waals surface area contributed by atoms with Crippen LogP contribution in [-0.4, -0.2) is 10.2 Å². The van der Waals surface area contributed by atoms with Crippen LogP contribution in [0.15, 0.2) is 47.6 Å². The minimum absolute atomic E-state index is 0.196. The molecule has 0 aromatic heterocycles. The van der Waals surface area contributed by atoms with Gasteiger partial charge >= 0.3 is 0 Å². The second-order valence-corrected chi connectivity index (χ2v) is 9.79. The predicted octanol–water partition coefficient (Wildman–Crippen LogP) is 7.85. The highest BCUT2D eigenvalue weighted by Crippen LogP contribution is 2.39. The minimum atomic E-state index is 0.196. The van der Waals surface area contributed by atoms with Gasteiger partial charge in [-0.15, -0.1) is 0 Å². The SMILES string of the molecule is C/C(=C\CC(C)(C)C/C(C)=C/Cc1c(C)c(O)c2ccccc2c1O)CC(C)C. The van der Waals surface area contributed by atoms with Gasteiger partial charge in [0.05, 0.1) is 0 Å². The van der Waals surface area contributed by atoms with Crippen molar-refractivity contribution < 1.29 is 10.2 Å². The van der Waals surface area contributed by atoms with E-state index < -0.39 is 0 Å². The molecular formula is C27H38O2. The summed E-state index contributed by atoms with van der Waals surface area (Å²) >= 11 is 0. The topological polar surface area (TPSA) is 40.5 Å².